The molecule has 1 nitrogen and oxygen atoms in total. The van der Waals surface area contributed by atoms with E-state index in [1.165, 1.54) is 11.3 Å². The van der Waals surface area contributed by atoms with Gasteiger partial charge in [-0.1, -0.05) is 43.0 Å². The van der Waals surface area contributed by atoms with Gasteiger partial charge in [0.1, 0.15) is 0 Å². The fourth-order valence-electron chi connectivity index (χ4n) is 2.10. The summed E-state index contributed by atoms with van der Waals surface area (Å²) in [6.07, 6.45) is 11.7. The molecule has 0 atom stereocenters. The molecular formula is C17H19N. The van der Waals surface area contributed by atoms with Crippen LogP contribution in [0.25, 0.3) is 0 Å². The molecular weight excluding hydrogens is 218 g/mol. The Kier molecular flexibility index (Phi) is 3.83. The van der Waals surface area contributed by atoms with Gasteiger partial charge in [-0.3, -0.25) is 0 Å². The van der Waals surface area contributed by atoms with Crippen LogP contribution in [-0.2, 0) is 0 Å². The molecule has 0 aromatic heterocycles. The van der Waals surface area contributed by atoms with Crippen molar-refractivity contribution in [2.45, 2.75) is 20.3 Å². The molecule has 0 radical (unpaired) electrons. The molecule has 0 aliphatic heterocycles. The van der Waals surface area contributed by atoms with Crippen LogP contribution in [0.1, 0.15) is 18.9 Å². The highest BCUT2D eigenvalue weighted by Gasteiger charge is 2.12. The number of para-hydroxylation sites is 1. The molecule has 1 aliphatic carbocycles. The summed E-state index contributed by atoms with van der Waals surface area (Å²) in [6, 6.07) is 8.39. The van der Waals surface area contributed by atoms with Crippen LogP contribution in [0.5, 0.6) is 0 Å². The Morgan fingerprint density at radius 1 is 1.22 bits per heavy atom. The minimum absolute atomic E-state index is 0.984. The van der Waals surface area contributed by atoms with Crippen LogP contribution < -0.4 is 4.90 Å². The van der Waals surface area contributed by atoms with Crippen LogP contribution in [-0.4, -0.2) is 0 Å². The molecule has 0 unspecified atom stereocenters. The molecule has 0 saturated carbocycles. The Hall–Kier alpha value is -2.02. The molecule has 1 heteroatoms. The van der Waals surface area contributed by atoms with E-state index in [0.717, 1.165) is 17.8 Å². The molecule has 1 aliphatic rings. The standard InChI is InChI=1S/C17H19N/c1-14(2)18(16-11-6-4-5-7-12-16)17-13-9-8-10-15(17)3/h4,6-13H,1,5H2,2-3H3. The minimum atomic E-state index is 0.984. The van der Waals surface area contributed by atoms with Crippen molar-refractivity contribution in [2.75, 3.05) is 4.90 Å². The highest BCUT2D eigenvalue weighted by atomic mass is 15.1. The van der Waals surface area contributed by atoms with Gasteiger partial charge in [-0.25, -0.2) is 0 Å². The summed E-state index contributed by atoms with van der Waals surface area (Å²) >= 11 is 0. The van der Waals surface area contributed by atoms with E-state index in [4.69, 9.17) is 0 Å². The van der Waals surface area contributed by atoms with Crippen molar-refractivity contribution in [3.8, 4) is 0 Å². The monoisotopic (exact) mass is 237 g/mol. The lowest BCUT2D eigenvalue weighted by Gasteiger charge is -2.27. The summed E-state index contributed by atoms with van der Waals surface area (Å²) in [6.45, 7) is 8.27. The Morgan fingerprint density at radius 2 is 2.00 bits per heavy atom. The van der Waals surface area contributed by atoms with Gasteiger partial charge < -0.3 is 4.90 Å². The summed E-state index contributed by atoms with van der Waals surface area (Å²) in [5.74, 6) is 0. The first kappa shape index (κ1) is 12.4. The molecule has 0 amide bonds. The Morgan fingerprint density at radius 3 is 2.72 bits per heavy atom. The minimum Gasteiger partial charge on any atom is -0.315 e. The molecule has 0 N–H and O–H groups in total. The van der Waals surface area contributed by atoms with Gasteiger partial charge >= 0.3 is 0 Å². The van der Waals surface area contributed by atoms with Crippen LogP contribution in [0.3, 0.4) is 0 Å². The predicted octanol–water partition coefficient (Wildman–Crippen LogP) is 4.74. The summed E-state index contributed by atoms with van der Waals surface area (Å²) < 4.78 is 0. The number of anilines is 1. The second kappa shape index (κ2) is 5.54. The SMILES string of the molecule is C=C(C)N(C1=CC=CCC=C1)c1ccccc1C. The average Bonchev–Trinajstić information content (AvgIpc) is 2.60. The van der Waals surface area contributed by atoms with E-state index in [0.29, 0.717) is 0 Å². The molecule has 0 spiro atoms. The fraction of sp³-hybridized carbons (Fsp3) is 0.176. The van der Waals surface area contributed by atoms with Crippen molar-refractivity contribution in [3.05, 3.63) is 78.2 Å². The quantitative estimate of drug-likeness (QED) is 0.734. The molecule has 1 aromatic carbocycles. The van der Waals surface area contributed by atoms with Gasteiger partial charge in [0.2, 0.25) is 0 Å². The van der Waals surface area contributed by atoms with Crippen molar-refractivity contribution in [3.63, 3.8) is 0 Å². The van der Waals surface area contributed by atoms with Gasteiger partial charge in [-0.05, 0) is 44.1 Å². The predicted molar refractivity (Wildman–Crippen MR) is 79.5 cm³/mol. The molecule has 18 heavy (non-hydrogen) atoms. The average molecular weight is 237 g/mol. The summed E-state index contributed by atoms with van der Waals surface area (Å²) in [7, 11) is 0. The molecule has 0 saturated heterocycles. The van der Waals surface area contributed by atoms with Gasteiger partial charge in [-0.15, -0.1) is 0 Å². The van der Waals surface area contributed by atoms with E-state index in [1.54, 1.807) is 0 Å². The van der Waals surface area contributed by atoms with E-state index in [2.05, 4.69) is 73.0 Å². The smallest absolute Gasteiger partial charge is 0.0487 e. The second-order valence-corrected chi connectivity index (χ2v) is 4.51. The Bertz CT molecular complexity index is 532. The van der Waals surface area contributed by atoms with Crippen LogP contribution in [0.4, 0.5) is 5.69 Å². The zero-order valence-electron chi connectivity index (χ0n) is 11.1. The van der Waals surface area contributed by atoms with Gasteiger partial charge in [-0.2, -0.15) is 0 Å². The van der Waals surface area contributed by atoms with Gasteiger partial charge in [0.25, 0.3) is 0 Å². The van der Waals surface area contributed by atoms with E-state index in [-0.39, 0.29) is 0 Å². The van der Waals surface area contributed by atoms with Crippen LogP contribution >= 0.6 is 0 Å². The van der Waals surface area contributed by atoms with Crippen LogP contribution in [0.15, 0.2) is 72.6 Å². The van der Waals surface area contributed by atoms with E-state index < -0.39 is 0 Å². The van der Waals surface area contributed by atoms with Gasteiger partial charge in [0.15, 0.2) is 0 Å². The number of hydrogen-bond acceptors (Lipinski definition) is 1. The van der Waals surface area contributed by atoms with Crippen LogP contribution in [0, 0.1) is 6.92 Å². The second-order valence-electron chi connectivity index (χ2n) is 4.51. The Labute approximate surface area is 109 Å². The lowest BCUT2D eigenvalue weighted by molar-refractivity contribution is 1.09. The Balaban J connectivity index is 2.47. The van der Waals surface area contributed by atoms with Crippen molar-refractivity contribution in [1.82, 2.24) is 0 Å². The summed E-state index contributed by atoms with van der Waals surface area (Å²) in [5.41, 5.74) is 4.63. The number of hydrogen-bond donors (Lipinski definition) is 0. The zero-order valence-corrected chi connectivity index (χ0v) is 11.1. The third kappa shape index (κ3) is 2.62. The van der Waals surface area contributed by atoms with Crippen molar-refractivity contribution in [1.29, 1.82) is 0 Å². The third-order valence-electron chi connectivity index (χ3n) is 2.96. The molecule has 1 aromatic rings. The number of benzene rings is 1. The van der Waals surface area contributed by atoms with Gasteiger partial charge in [0, 0.05) is 17.1 Å². The fourth-order valence-corrected chi connectivity index (χ4v) is 2.10. The van der Waals surface area contributed by atoms with E-state index in [9.17, 15) is 0 Å². The number of allylic oxidation sites excluding steroid dienone is 6. The van der Waals surface area contributed by atoms with Crippen LogP contribution in [0.2, 0.25) is 0 Å². The first-order chi connectivity index (χ1) is 8.70. The molecule has 0 heterocycles. The molecule has 2 rings (SSSR count). The lowest BCUT2D eigenvalue weighted by Crippen LogP contribution is -2.19. The number of nitrogens with zero attached hydrogens (tertiary/aromatic N) is 1. The summed E-state index contributed by atoms with van der Waals surface area (Å²) in [5, 5.41) is 0. The van der Waals surface area contributed by atoms with Gasteiger partial charge in [0.05, 0.1) is 0 Å². The largest absolute Gasteiger partial charge is 0.315 e. The highest BCUT2D eigenvalue weighted by Crippen LogP contribution is 2.28. The normalized spacial score (nSPS) is 14.0. The first-order valence-corrected chi connectivity index (χ1v) is 6.25. The van der Waals surface area contributed by atoms with E-state index >= 15 is 0 Å². The molecule has 0 bridgehead atoms. The van der Waals surface area contributed by atoms with Crippen molar-refractivity contribution in [2.24, 2.45) is 0 Å². The maximum absolute atomic E-state index is 4.11. The highest BCUT2D eigenvalue weighted by molar-refractivity contribution is 5.64. The first-order valence-electron chi connectivity index (χ1n) is 6.25. The lowest BCUT2D eigenvalue weighted by atomic mass is 10.1. The van der Waals surface area contributed by atoms with E-state index in [1.807, 2.05) is 6.92 Å². The number of rotatable bonds is 3. The maximum Gasteiger partial charge on any atom is 0.0487 e. The van der Waals surface area contributed by atoms with Crippen molar-refractivity contribution >= 4 is 5.69 Å². The topological polar surface area (TPSA) is 3.24 Å². The van der Waals surface area contributed by atoms with Crippen molar-refractivity contribution < 1.29 is 0 Å². The molecule has 92 valence electrons. The zero-order chi connectivity index (χ0) is 13.0. The molecule has 0 fully saturated rings. The number of aryl methyl sites for hydroxylation is 1. The summed E-state index contributed by atoms with van der Waals surface area (Å²) in [4.78, 5) is 2.20. The maximum atomic E-state index is 4.11. The third-order valence-corrected chi connectivity index (χ3v) is 2.96.